The van der Waals surface area contributed by atoms with Crippen LogP contribution in [0.25, 0.3) is 0 Å². The fourth-order valence-corrected chi connectivity index (χ4v) is 4.30. The van der Waals surface area contributed by atoms with Crippen LogP contribution in [0.2, 0.25) is 0 Å². The predicted octanol–water partition coefficient (Wildman–Crippen LogP) is 5.23. The molecule has 0 fully saturated rings. The first-order valence-electron chi connectivity index (χ1n) is 9.81. The van der Waals surface area contributed by atoms with Crippen molar-refractivity contribution in [3.63, 3.8) is 0 Å². The average molecular weight is 423 g/mol. The number of aryl methyl sites for hydroxylation is 4. The largest absolute Gasteiger partial charge is 0.321 e. The molecule has 0 saturated heterocycles. The lowest BCUT2D eigenvalue weighted by Crippen LogP contribution is -2.17. The molecule has 3 aromatic rings. The summed E-state index contributed by atoms with van der Waals surface area (Å²) >= 11 is 0. The van der Waals surface area contributed by atoms with Crippen LogP contribution in [0.3, 0.4) is 0 Å². The van der Waals surface area contributed by atoms with Crippen molar-refractivity contribution < 1.29 is 13.2 Å². The molecule has 0 aromatic heterocycles. The van der Waals surface area contributed by atoms with E-state index in [0.717, 1.165) is 34.4 Å². The van der Waals surface area contributed by atoms with Gasteiger partial charge in [0, 0.05) is 11.3 Å². The molecular formula is C24H26N2O3S. The molecular weight excluding hydrogens is 396 g/mol. The average Bonchev–Trinajstić information content (AvgIpc) is 2.71. The number of carbonyl (C=O) groups is 1. The quantitative estimate of drug-likeness (QED) is 0.571. The molecule has 3 aromatic carbocycles. The van der Waals surface area contributed by atoms with Crippen molar-refractivity contribution >= 4 is 27.3 Å². The Bertz CT molecular complexity index is 1180. The second-order valence-corrected chi connectivity index (χ2v) is 9.05. The Balaban J connectivity index is 1.88. The van der Waals surface area contributed by atoms with Gasteiger partial charge in [-0.3, -0.25) is 9.52 Å². The molecule has 0 heterocycles. The molecule has 0 aliphatic carbocycles. The number of nitrogens with one attached hydrogen (secondary N) is 2. The van der Waals surface area contributed by atoms with E-state index in [1.165, 1.54) is 0 Å². The van der Waals surface area contributed by atoms with E-state index in [9.17, 15) is 13.2 Å². The molecule has 0 unspecified atom stereocenters. The van der Waals surface area contributed by atoms with Crippen molar-refractivity contribution in [2.45, 2.75) is 39.0 Å². The summed E-state index contributed by atoms with van der Waals surface area (Å²) in [4.78, 5) is 13.1. The summed E-state index contributed by atoms with van der Waals surface area (Å²) in [5.74, 6) is -0.283. The fraction of sp³-hybridized carbons (Fsp3) is 0.208. The van der Waals surface area contributed by atoms with Crippen molar-refractivity contribution in [1.29, 1.82) is 0 Å². The summed E-state index contributed by atoms with van der Waals surface area (Å²) in [5, 5.41) is 2.98. The van der Waals surface area contributed by atoms with Gasteiger partial charge in [-0.05, 0) is 68.1 Å². The number of benzene rings is 3. The van der Waals surface area contributed by atoms with Gasteiger partial charge in [0.2, 0.25) is 0 Å². The second-order valence-electron chi connectivity index (χ2n) is 7.36. The number of sulfonamides is 1. The van der Waals surface area contributed by atoms with E-state index in [1.54, 1.807) is 49.4 Å². The van der Waals surface area contributed by atoms with Crippen LogP contribution in [-0.4, -0.2) is 14.3 Å². The van der Waals surface area contributed by atoms with Crippen LogP contribution in [0.5, 0.6) is 0 Å². The molecule has 0 bridgehead atoms. The maximum Gasteiger partial charge on any atom is 0.261 e. The molecule has 5 nitrogen and oxygen atoms in total. The number of carbonyl (C=O) groups excluding carboxylic acids is 1. The Labute approximate surface area is 178 Å². The van der Waals surface area contributed by atoms with Gasteiger partial charge in [0.1, 0.15) is 0 Å². The Kier molecular flexibility index (Phi) is 6.27. The standard InChI is InChI=1S/C24H26N2O3S/c1-5-19-8-6-7-18(4)23(19)25-24(27)20-12-11-17(3)22(15-20)26-30(28,29)21-13-9-16(2)10-14-21/h6-15,26H,5H2,1-4H3,(H,25,27). The van der Waals surface area contributed by atoms with E-state index in [1.807, 2.05) is 39.0 Å². The van der Waals surface area contributed by atoms with E-state index in [0.29, 0.717) is 11.3 Å². The maximum atomic E-state index is 12.9. The number of amides is 1. The van der Waals surface area contributed by atoms with Gasteiger partial charge in [0.05, 0.1) is 10.6 Å². The number of hydrogen-bond donors (Lipinski definition) is 2. The molecule has 0 saturated carbocycles. The summed E-state index contributed by atoms with van der Waals surface area (Å²) in [6.07, 6.45) is 0.798. The minimum absolute atomic E-state index is 0.176. The lowest BCUT2D eigenvalue weighted by Gasteiger charge is -2.15. The van der Waals surface area contributed by atoms with Gasteiger partial charge < -0.3 is 5.32 Å². The van der Waals surface area contributed by atoms with Gasteiger partial charge in [-0.15, -0.1) is 0 Å². The van der Waals surface area contributed by atoms with Crippen molar-refractivity contribution in [3.05, 3.63) is 88.5 Å². The summed E-state index contributed by atoms with van der Waals surface area (Å²) < 4.78 is 28.1. The van der Waals surface area contributed by atoms with Gasteiger partial charge in [0.15, 0.2) is 0 Å². The Hall–Kier alpha value is -3.12. The molecule has 2 N–H and O–H groups in total. The van der Waals surface area contributed by atoms with Crippen molar-refractivity contribution in [2.24, 2.45) is 0 Å². The molecule has 0 aliphatic heterocycles. The van der Waals surface area contributed by atoms with Gasteiger partial charge in [-0.2, -0.15) is 0 Å². The normalized spacial score (nSPS) is 11.2. The highest BCUT2D eigenvalue weighted by atomic mass is 32.2. The highest BCUT2D eigenvalue weighted by molar-refractivity contribution is 7.92. The SMILES string of the molecule is CCc1cccc(C)c1NC(=O)c1ccc(C)c(NS(=O)(=O)c2ccc(C)cc2)c1. The molecule has 30 heavy (non-hydrogen) atoms. The van der Waals surface area contributed by atoms with Crippen LogP contribution in [0, 0.1) is 20.8 Å². The Morgan fingerprint density at radius 1 is 0.900 bits per heavy atom. The lowest BCUT2D eigenvalue weighted by molar-refractivity contribution is 0.102. The first-order valence-corrected chi connectivity index (χ1v) is 11.3. The van der Waals surface area contributed by atoms with Crippen LogP contribution in [-0.2, 0) is 16.4 Å². The zero-order chi connectivity index (χ0) is 21.9. The summed E-state index contributed by atoms with van der Waals surface area (Å²) in [7, 11) is -3.75. The third-order valence-corrected chi connectivity index (χ3v) is 6.44. The topological polar surface area (TPSA) is 75.3 Å². The fourth-order valence-electron chi connectivity index (χ4n) is 3.18. The van der Waals surface area contributed by atoms with Crippen molar-refractivity contribution in [2.75, 3.05) is 10.0 Å². The molecule has 1 amide bonds. The third kappa shape index (κ3) is 4.71. The van der Waals surface area contributed by atoms with Gasteiger partial charge in [-0.1, -0.05) is 48.9 Å². The monoisotopic (exact) mass is 422 g/mol. The summed E-state index contributed by atoms with van der Waals surface area (Å²) in [6.45, 7) is 7.68. The molecule has 0 radical (unpaired) electrons. The van der Waals surface area contributed by atoms with E-state index in [4.69, 9.17) is 0 Å². The van der Waals surface area contributed by atoms with Crippen LogP contribution in [0.15, 0.2) is 65.6 Å². The highest BCUT2D eigenvalue weighted by Gasteiger charge is 2.17. The summed E-state index contributed by atoms with van der Waals surface area (Å²) in [6, 6.07) is 17.5. The number of anilines is 2. The van der Waals surface area contributed by atoms with E-state index < -0.39 is 10.0 Å². The zero-order valence-corrected chi connectivity index (χ0v) is 18.4. The van der Waals surface area contributed by atoms with Gasteiger partial charge >= 0.3 is 0 Å². The molecule has 0 aliphatic rings. The molecule has 0 spiro atoms. The Morgan fingerprint density at radius 3 is 2.27 bits per heavy atom. The van der Waals surface area contributed by atoms with Crippen LogP contribution >= 0.6 is 0 Å². The second kappa shape index (κ2) is 8.71. The maximum absolute atomic E-state index is 12.9. The van der Waals surface area contributed by atoms with E-state index in [2.05, 4.69) is 10.0 Å². The minimum atomic E-state index is -3.75. The van der Waals surface area contributed by atoms with E-state index in [-0.39, 0.29) is 10.8 Å². The highest BCUT2D eigenvalue weighted by Crippen LogP contribution is 2.25. The number of rotatable bonds is 6. The number of para-hydroxylation sites is 1. The van der Waals surface area contributed by atoms with Crippen molar-refractivity contribution in [1.82, 2.24) is 0 Å². The smallest absolute Gasteiger partial charge is 0.261 e. The van der Waals surface area contributed by atoms with Crippen LogP contribution in [0.1, 0.15) is 39.5 Å². The van der Waals surface area contributed by atoms with Gasteiger partial charge in [0.25, 0.3) is 15.9 Å². The lowest BCUT2D eigenvalue weighted by atomic mass is 10.0. The first kappa shape index (κ1) is 21.6. The molecule has 156 valence electrons. The minimum Gasteiger partial charge on any atom is -0.321 e. The molecule has 6 heteroatoms. The Morgan fingerprint density at radius 2 is 1.60 bits per heavy atom. The van der Waals surface area contributed by atoms with Crippen LogP contribution in [0.4, 0.5) is 11.4 Å². The third-order valence-electron chi connectivity index (χ3n) is 5.05. The van der Waals surface area contributed by atoms with Crippen LogP contribution < -0.4 is 10.0 Å². The first-order chi connectivity index (χ1) is 14.2. The predicted molar refractivity (Wildman–Crippen MR) is 122 cm³/mol. The zero-order valence-electron chi connectivity index (χ0n) is 17.6. The molecule has 3 rings (SSSR count). The van der Waals surface area contributed by atoms with Gasteiger partial charge in [-0.25, -0.2) is 8.42 Å². The van der Waals surface area contributed by atoms with E-state index >= 15 is 0 Å². The number of hydrogen-bond acceptors (Lipinski definition) is 3. The van der Waals surface area contributed by atoms with Crippen molar-refractivity contribution in [3.8, 4) is 0 Å². The summed E-state index contributed by atoms with van der Waals surface area (Å²) in [5.41, 5.74) is 5.30. The molecule has 0 atom stereocenters.